The Kier molecular flexibility index (Phi) is 7.74. The van der Waals surface area contributed by atoms with Crippen molar-refractivity contribution in [3.05, 3.63) is 34.3 Å². The summed E-state index contributed by atoms with van der Waals surface area (Å²) in [7, 11) is 0. The van der Waals surface area contributed by atoms with E-state index in [1.54, 1.807) is 0 Å². The Morgan fingerprint density at radius 1 is 1.17 bits per heavy atom. The van der Waals surface area contributed by atoms with Crippen molar-refractivity contribution in [2.75, 3.05) is 6.54 Å². The Morgan fingerprint density at radius 3 is 2.39 bits per heavy atom. The second-order valence-electron chi connectivity index (χ2n) is 5.63. The topological polar surface area (TPSA) is 95.5 Å². The molecule has 23 heavy (non-hydrogen) atoms. The van der Waals surface area contributed by atoms with E-state index in [4.69, 9.17) is 5.11 Å². The maximum atomic E-state index is 11.8. The number of amides is 2. The highest BCUT2D eigenvalue weighted by Gasteiger charge is 2.21. The number of carbonyl (C=O) groups excluding carboxylic acids is 2. The Morgan fingerprint density at radius 2 is 1.83 bits per heavy atom. The quantitative estimate of drug-likeness (QED) is 0.635. The highest BCUT2D eigenvalue weighted by atomic mass is 79.9. The smallest absolute Gasteiger partial charge is 0.326 e. The highest BCUT2D eigenvalue weighted by molar-refractivity contribution is 9.10. The van der Waals surface area contributed by atoms with Crippen molar-refractivity contribution >= 4 is 33.7 Å². The molecule has 126 valence electrons. The molecule has 1 aromatic rings. The second-order valence-corrected chi connectivity index (χ2v) is 6.49. The molecule has 1 atom stereocenters. The number of rotatable bonds is 8. The van der Waals surface area contributed by atoms with Crippen molar-refractivity contribution in [2.24, 2.45) is 5.92 Å². The molecule has 0 aliphatic heterocycles. The van der Waals surface area contributed by atoms with Crippen LogP contribution in [0, 0.1) is 5.92 Å². The fourth-order valence-electron chi connectivity index (χ4n) is 1.99. The van der Waals surface area contributed by atoms with E-state index in [-0.39, 0.29) is 24.8 Å². The summed E-state index contributed by atoms with van der Waals surface area (Å²) in [4.78, 5) is 34.7. The maximum Gasteiger partial charge on any atom is 0.326 e. The highest BCUT2D eigenvalue weighted by Crippen LogP contribution is 2.16. The molecule has 0 saturated carbocycles. The summed E-state index contributed by atoms with van der Waals surface area (Å²) < 4.78 is 0.822. The minimum atomic E-state index is -1.08. The van der Waals surface area contributed by atoms with Gasteiger partial charge < -0.3 is 15.7 Å². The van der Waals surface area contributed by atoms with Gasteiger partial charge in [0.05, 0.1) is 13.0 Å². The standard InChI is InChI=1S/C16H21BrN2O4/c1-10(2)7-13(16(22)23)19-15(21)9-18-14(20)8-11-5-3-4-6-12(11)17/h3-6,10,13H,7-9H2,1-2H3,(H,18,20)(H,19,21)(H,22,23)/t13-/m0/s1. The largest absolute Gasteiger partial charge is 0.480 e. The molecule has 1 rings (SSSR count). The lowest BCUT2D eigenvalue weighted by atomic mass is 10.0. The molecule has 2 amide bonds. The van der Waals surface area contributed by atoms with Crippen LogP contribution in [0.4, 0.5) is 0 Å². The molecule has 7 heteroatoms. The van der Waals surface area contributed by atoms with Gasteiger partial charge in [-0.2, -0.15) is 0 Å². The Bertz CT molecular complexity index is 575. The zero-order valence-corrected chi connectivity index (χ0v) is 14.7. The second kappa shape index (κ2) is 9.29. The molecule has 0 saturated heterocycles. The molecule has 0 aliphatic carbocycles. The number of carbonyl (C=O) groups is 3. The van der Waals surface area contributed by atoms with Gasteiger partial charge in [-0.15, -0.1) is 0 Å². The van der Waals surface area contributed by atoms with Crippen molar-refractivity contribution in [1.82, 2.24) is 10.6 Å². The number of aliphatic carboxylic acids is 1. The van der Waals surface area contributed by atoms with Crippen LogP contribution in [0.25, 0.3) is 0 Å². The summed E-state index contributed by atoms with van der Waals surface area (Å²) in [5.74, 6) is -1.76. The molecule has 0 heterocycles. The first-order valence-corrected chi connectivity index (χ1v) is 8.11. The molecule has 6 nitrogen and oxygen atoms in total. The van der Waals surface area contributed by atoms with Crippen LogP contribution in [-0.4, -0.2) is 35.5 Å². The lowest BCUT2D eigenvalue weighted by molar-refractivity contribution is -0.142. The van der Waals surface area contributed by atoms with Crippen molar-refractivity contribution in [3.8, 4) is 0 Å². The van der Waals surface area contributed by atoms with Gasteiger partial charge in [0.2, 0.25) is 11.8 Å². The van der Waals surface area contributed by atoms with Gasteiger partial charge in [-0.3, -0.25) is 9.59 Å². The number of carboxylic acid groups (broad SMARTS) is 1. The van der Waals surface area contributed by atoms with E-state index in [9.17, 15) is 14.4 Å². The molecular formula is C16H21BrN2O4. The molecule has 0 fully saturated rings. The van der Waals surface area contributed by atoms with Crippen molar-refractivity contribution in [1.29, 1.82) is 0 Å². The monoisotopic (exact) mass is 384 g/mol. The minimum Gasteiger partial charge on any atom is -0.480 e. The Labute approximate surface area is 143 Å². The molecule has 0 spiro atoms. The lowest BCUT2D eigenvalue weighted by Crippen LogP contribution is -2.46. The van der Waals surface area contributed by atoms with Gasteiger partial charge in [0, 0.05) is 4.47 Å². The summed E-state index contributed by atoms with van der Waals surface area (Å²) in [5.41, 5.74) is 0.814. The number of benzene rings is 1. The van der Waals surface area contributed by atoms with E-state index in [2.05, 4.69) is 26.6 Å². The number of nitrogens with one attached hydrogen (secondary N) is 2. The fourth-order valence-corrected chi connectivity index (χ4v) is 2.42. The summed E-state index contributed by atoms with van der Waals surface area (Å²) >= 11 is 3.35. The molecule has 0 aromatic heterocycles. The zero-order chi connectivity index (χ0) is 17.4. The molecule has 0 unspecified atom stereocenters. The predicted molar refractivity (Wildman–Crippen MR) is 89.9 cm³/mol. The number of hydrogen-bond acceptors (Lipinski definition) is 3. The van der Waals surface area contributed by atoms with Crippen LogP contribution in [-0.2, 0) is 20.8 Å². The minimum absolute atomic E-state index is 0.140. The third kappa shape index (κ3) is 7.27. The van der Waals surface area contributed by atoms with Crippen LogP contribution in [0.3, 0.4) is 0 Å². The molecular weight excluding hydrogens is 364 g/mol. The van der Waals surface area contributed by atoms with E-state index >= 15 is 0 Å². The van der Waals surface area contributed by atoms with Crippen LogP contribution < -0.4 is 10.6 Å². The summed E-state index contributed by atoms with van der Waals surface area (Å²) in [5, 5.41) is 14.0. The van der Waals surface area contributed by atoms with Crippen molar-refractivity contribution < 1.29 is 19.5 Å². The van der Waals surface area contributed by atoms with Crippen LogP contribution >= 0.6 is 15.9 Å². The van der Waals surface area contributed by atoms with E-state index in [0.29, 0.717) is 6.42 Å². The Hall–Kier alpha value is -1.89. The van der Waals surface area contributed by atoms with Gasteiger partial charge in [0.1, 0.15) is 6.04 Å². The van der Waals surface area contributed by atoms with E-state index in [0.717, 1.165) is 10.0 Å². The molecule has 1 aromatic carbocycles. The molecule has 0 radical (unpaired) electrons. The van der Waals surface area contributed by atoms with Crippen LogP contribution in [0.5, 0.6) is 0 Å². The van der Waals surface area contributed by atoms with Crippen molar-refractivity contribution in [2.45, 2.75) is 32.7 Å². The fraction of sp³-hybridized carbons (Fsp3) is 0.438. The summed E-state index contributed by atoms with van der Waals surface area (Å²) in [6.45, 7) is 3.51. The van der Waals surface area contributed by atoms with Gasteiger partial charge in [-0.05, 0) is 24.0 Å². The van der Waals surface area contributed by atoms with Gasteiger partial charge >= 0.3 is 5.97 Å². The van der Waals surface area contributed by atoms with Gasteiger partial charge in [-0.1, -0.05) is 48.0 Å². The molecule has 3 N–H and O–H groups in total. The third-order valence-electron chi connectivity index (χ3n) is 3.10. The van der Waals surface area contributed by atoms with Gasteiger partial charge in [-0.25, -0.2) is 4.79 Å². The van der Waals surface area contributed by atoms with E-state index in [1.807, 2.05) is 38.1 Å². The SMILES string of the molecule is CC(C)C[C@H](NC(=O)CNC(=O)Cc1ccccc1Br)C(=O)O. The molecule has 0 bridgehead atoms. The first-order valence-electron chi connectivity index (χ1n) is 7.32. The Balaban J connectivity index is 2.44. The third-order valence-corrected chi connectivity index (χ3v) is 3.87. The first-order chi connectivity index (χ1) is 10.8. The average Bonchev–Trinajstić information content (AvgIpc) is 2.46. The normalized spacial score (nSPS) is 11.8. The van der Waals surface area contributed by atoms with Crippen LogP contribution in [0.15, 0.2) is 28.7 Å². The van der Waals surface area contributed by atoms with Gasteiger partial charge in [0.15, 0.2) is 0 Å². The maximum absolute atomic E-state index is 11.8. The first kappa shape index (κ1) is 19.2. The zero-order valence-electron chi connectivity index (χ0n) is 13.1. The van der Waals surface area contributed by atoms with E-state index < -0.39 is 17.9 Å². The van der Waals surface area contributed by atoms with Crippen LogP contribution in [0.1, 0.15) is 25.8 Å². The number of halogens is 1. The number of hydrogen-bond donors (Lipinski definition) is 3. The summed E-state index contributed by atoms with van der Waals surface area (Å²) in [6, 6.07) is 6.37. The molecule has 0 aliphatic rings. The predicted octanol–water partition coefficient (Wildman–Crippen LogP) is 1.72. The number of carboxylic acids is 1. The van der Waals surface area contributed by atoms with E-state index in [1.165, 1.54) is 0 Å². The van der Waals surface area contributed by atoms with Crippen LogP contribution in [0.2, 0.25) is 0 Å². The van der Waals surface area contributed by atoms with Gasteiger partial charge in [0.25, 0.3) is 0 Å². The lowest BCUT2D eigenvalue weighted by Gasteiger charge is -2.16. The van der Waals surface area contributed by atoms with Crippen molar-refractivity contribution in [3.63, 3.8) is 0 Å². The average molecular weight is 385 g/mol. The summed E-state index contributed by atoms with van der Waals surface area (Å²) in [6.07, 6.45) is 0.481.